The van der Waals surface area contributed by atoms with Gasteiger partial charge in [-0.3, -0.25) is 15.4 Å². The molecule has 0 unspecified atom stereocenters. The second-order valence-electron chi connectivity index (χ2n) is 3.87. The summed E-state index contributed by atoms with van der Waals surface area (Å²) in [7, 11) is 0. The van der Waals surface area contributed by atoms with Crippen molar-refractivity contribution in [3.8, 4) is 0 Å². The number of carbonyl (C=O) groups excluding carboxylic acids is 2. The smallest absolute Gasteiger partial charge is 0.370 e. The molecule has 110 valence electrons. The Hall–Kier alpha value is -2.29. The fourth-order valence-corrected chi connectivity index (χ4v) is 1.43. The van der Waals surface area contributed by atoms with Gasteiger partial charge in [0.2, 0.25) is 5.91 Å². The number of primary amides is 1. The lowest BCUT2D eigenvalue weighted by Gasteiger charge is -2.13. The van der Waals surface area contributed by atoms with Crippen LogP contribution in [-0.4, -0.2) is 18.4 Å². The third kappa shape index (κ3) is 4.12. The lowest BCUT2D eigenvalue weighted by Crippen LogP contribution is -2.29. The number of rotatable bonds is 5. The molecule has 0 saturated carbocycles. The van der Waals surface area contributed by atoms with Crippen LogP contribution in [0.1, 0.15) is 22.3 Å². The first-order chi connectivity index (χ1) is 9.25. The molecule has 0 atom stereocenters. The monoisotopic (exact) mass is 290 g/mol. The second kappa shape index (κ2) is 6.24. The largest absolute Gasteiger partial charge is 0.416 e. The number of nitrogens with two attached hydrogens (primary N) is 2. The van der Waals surface area contributed by atoms with Gasteiger partial charge in [0.15, 0.2) is 0 Å². The Kier molecular flexibility index (Phi) is 4.92. The summed E-state index contributed by atoms with van der Waals surface area (Å²) in [5.74, 6) is 3.72. The van der Waals surface area contributed by atoms with Crippen molar-refractivity contribution in [2.24, 2.45) is 11.6 Å². The Morgan fingerprint density at radius 1 is 1.25 bits per heavy atom. The van der Waals surface area contributed by atoms with E-state index in [0.29, 0.717) is 6.07 Å². The zero-order valence-corrected chi connectivity index (χ0v) is 10.3. The fourth-order valence-electron chi connectivity index (χ4n) is 1.43. The van der Waals surface area contributed by atoms with Crippen molar-refractivity contribution in [1.29, 1.82) is 0 Å². The number of anilines is 1. The maximum Gasteiger partial charge on any atom is 0.416 e. The summed E-state index contributed by atoms with van der Waals surface area (Å²) < 4.78 is 37.7. The molecule has 0 aliphatic carbocycles. The van der Waals surface area contributed by atoms with Crippen molar-refractivity contribution < 1.29 is 22.8 Å². The maximum atomic E-state index is 12.6. The summed E-state index contributed by atoms with van der Waals surface area (Å²) in [6.07, 6.45) is -4.69. The third-order valence-electron chi connectivity index (χ3n) is 2.40. The van der Waals surface area contributed by atoms with E-state index in [9.17, 15) is 22.8 Å². The molecule has 0 radical (unpaired) electrons. The van der Waals surface area contributed by atoms with Gasteiger partial charge in [0.05, 0.1) is 16.8 Å². The number of nitrogens with one attached hydrogen (secondary N) is 2. The van der Waals surface area contributed by atoms with Gasteiger partial charge >= 0.3 is 6.18 Å². The minimum Gasteiger partial charge on any atom is -0.370 e. The van der Waals surface area contributed by atoms with Crippen LogP contribution in [0.15, 0.2) is 18.2 Å². The van der Waals surface area contributed by atoms with Gasteiger partial charge in [-0.15, -0.1) is 0 Å². The molecule has 0 aliphatic heterocycles. The third-order valence-corrected chi connectivity index (χ3v) is 2.40. The van der Waals surface area contributed by atoms with E-state index >= 15 is 0 Å². The Morgan fingerprint density at radius 3 is 2.40 bits per heavy atom. The van der Waals surface area contributed by atoms with Crippen LogP contribution in [0, 0.1) is 0 Å². The van der Waals surface area contributed by atoms with Gasteiger partial charge < -0.3 is 16.5 Å². The van der Waals surface area contributed by atoms with E-state index in [4.69, 9.17) is 11.6 Å². The molecule has 2 amide bonds. The second-order valence-corrected chi connectivity index (χ2v) is 3.87. The van der Waals surface area contributed by atoms with Crippen molar-refractivity contribution in [2.75, 3.05) is 12.0 Å². The molecule has 1 rings (SSSR count). The number of carbonyl (C=O) groups is 2. The zero-order valence-electron chi connectivity index (χ0n) is 10.3. The number of nitrogen functional groups attached to an aromatic ring is 1. The standard InChI is InChI=1S/C11H13F3N4O2/c12-11(13,14)6-1-2-8(18-16)7(5-6)10(20)17-4-3-9(15)19/h1-2,5,18H,3-4,16H2,(H2,15,19)(H,17,20). The van der Waals surface area contributed by atoms with Gasteiger partial charge in [0.1, 0.15) is 0 Å². The van der Waals surface area contributed by atoms with Gasteiger partial charge in [-0.2, -0.15) is 13.2 Å². The van der Waals surface area contributed by atoms with E-state index in [1.807, 2.05) is 0 Å². The molecule has 0 heterocycles. The Morgan fingerprint density at radius 2 is 1.90 bits per heavy atom. The molecule has 0 saturated heterocycles. The predicted octanol–water partition coefficient (Wildman–Crippen LogP) is 0.596. The van der Waals surface area contributed by atoms with E-state index in [1.165, 1.54) is 0 Å². The molecule has 6 nitrogen and oxygen atoms in total. The van der Waals surface area contributed by atoms with Crippen molar-refractivity contribution in [3.05, 3.63) is 29.3 Å². The number of halogens is 3. The number of hydrogen-bond acceptors (Lipinski definition) is 4. The normalized spacial score (nSPS) is 11.0. The molecule has 0 bridgehead atoms. The molecule has 0 aromatic heterocycles. The Bertz CT molecular complexity index is 517. The van der Waals surface area contributed by atoms with Gasteiger partial charge in [0, 0.05) is 13.0 Å². The van der Waals surface area contributed by atoms with E-state index in [-0.39, 0.29) is 24.2 Å². The molecule has 6 N–H and O–H groups in total. The van der Waals surface area contributed by atoms with E-state index < -0.39 is 23.6 Å². The summed E-state index contributed by atoms with van der Waals surface area (Å²) in [6.45, 7) is -0.0750. The fraction of sp³-hybridized carbons (Fsp3) is 0.273. The van der Waals surface area contributed by atoms with Crippen molar-refractivity contribution >= 4 is 17.5 Å². The number of alkyl halides is 3. The minimum absolute atomic E-state index is 0.0366. The van der Waals surface area contributed by atoms with Crippen LogP contribution in [0.2, 0.25) is 0 Å². The van der Waals surface area contributed by atoms with Crippen LogP contribution in [0.5, 0.6) is 0 Å². The van der Waals surface area contributed by atoms with Crippen LogP contribution in [0.25, 0.3) is 0 Å². The molecule has 0 spiro atoms. The molecule has 1 aromatic rings. The predicted molar refractivity (Wildman–Crippen MR) is 65.4 cm³/mol. The maximum absolute atomic E-state index is 12.6. The Labute approximate surface area is 112 Å². The van der Waals surface area contributed by atoms with Crippen molar-refractivity contribution in [2.45, 2.75) is 12.6 Å². The highest BCUT2D eigenvalue weighted by Crippen LogP contribution is 2.31. The lowest BCUT2D eigenvalue weighted by molar-refractivity contribution is -0.137. The molecule has 0 aliphatic rings. The van der Waals surface area contributed by atoms with Crippen molar-refractivity contribution in [3.63, 3.8) is 0 Å². The van der Waals surface area contributed by atoms with Crippen LogP contribution < -0.4 is 22.3 Å². The molecule has 20 heavy (non-hydrogen) atoms. The van der Waals surface area contributed by atoms with Gasteiger partial charge in [0.25, 0.3) is 5.91 Å². The van der Waals surface area contributed by atoms with E-state index in [1.54, 1.807) is 0 Å². The highest BCUT2D eigenvalue weighted by molar-refractivity contribution is 5.99. The topological polar surface area (TPSA) is 110 Å². The summed E-state index contributed by atoms with van der Waals surface area (Å²) >= 11 is 0. The number of amides is 2. The number of hydrazine groups is 1. The summed E-state index contributed by atoms with van der Waals surface area (Å²) in [5.41, 5.74) is 5.81. The SMILES string of the molecule is NNc1ccc(C(F)(F)F)cc1C(=O)NCCC(N)=O. The van der Waals surface area contributed by atoms with E-state index in [0.717, 1.165) is 12.1 Å². The average molecular weight is 290 g/mol. The summed E-state index contributed by atoms with van der Waals surface area (Å²) in [4.78, 5) is 22.3. The van der Waals surface area contributed by atoms with Gasteiger partial charge in [-0.25, -0.2) is 0 Å². The average Bonchev–Trinajstić information content (AvgIpc) is 2.36. The van der Waals surface area contributed by atoms with Crippen LogP contribution in [-0.2, 0) is 11.0 Å². The first kappa shape index (κ1) is 15.8. The molecule has 1 aromatic carbocycles. The highest BCUT2D eigenvalue weighted by Gasteiger charge is 2.31. The molecular formula is C11H13F3N4O2. The first-order valence-corrected chi connectivity index (χ1v) is 5.50. The van der Waals surface area contributed by atoms with Crippen LogP contribution in [0.3, 0.4) is 0 Å². The van der Waals surface area contributed by atoms with Crippen LogP contribution in [0.4, 0.5) is 18.9 Å². The van der Waals surface area contributed by atoms with Gasteiger partial charge in [-0.1, -0.05) is 0 Å². The Balaban J connectivity index is 2.96. The number of hydrogen-bond donors (Lipinski definition) is 4. The number of benzene rings is 1. The first-order valence-electron chi connectivity index (χ1n) is 5.50. The zero-order chi connectivity index (χ0) is 15.3. The highest BCUT2D eigenvalue weighted by atomic mass is 19.4. The minimum atomic E-state index is -4.57. The quantitative estimate of drug-likeness (QED) is 0.470. The molecular weight excluding hydrogens is 277 g/mol. The van der Waals surface area contributed by atoms with E-state index in [2.05, 4.69) is 10.7 Å². The van der Waals surface area contributed by atoms with Crippen molar-refractivity contribution in [1.82, 2.24) is 5.32 Å². The summed E-state index contributed by atoms with van der Waals surface area (Å²) in [6, 6.07) is 2.52. The molecule has 9 heteroatoms. The van der Waals surface area contributed by atoms with Crippen LogP contribution >= 0.6 is 0 Å². The lowest BCUT2D eigenvalue weighted by atomic mass is 10.1. The summed E-state index contributed by atoms with van der Waals surface area (Å²) in [5, 5.41) is 2.28. The van der Waals surface area contributed by atoms with Gasteiger partial charge in [-0.05, 0) is 18.2 Å². The molecule has 0 fully saturated rings.